The second-order valence-electron chi connectivity index (χ2n) is 7.53. The zero-order valence-electron chi connectivity index (χ0n) is 16.5. The normalized spacial score (nSPS) is 18.0. The molecule has 1 fully saturated rings. The fourth-order valence-electron chi connectivity index (χ4n) is 4.05. The van der Waals surface area contributed by atoms with Crippen molar-refractivity contribution in [3.8, 4) is 11.5 Å². The maximum absolute atomic E-state index is 12.7. The highest BCUT2D eigenvalue weighted by atomic mass is 16.5. The smallest absolute Gasteiger partial charge is 0.254 e. The molecule has 0 spiro atoms. The minimum Gasteiger partial charge on any atom is -0.497 e. The lowest BCUT2D eigenvalue weighted by Crippen LogP contribution is -2.45. The number of nitrogens with zero attached hydrogens (tertiary/aromatic N) is 2. The monoisotopic (exact) mass is 380 g/mol. The third-order valence-corrected chi connectivity index (χ3v) is 5.77. The first-order valence-electron chi connectivity index (χ1n) is 10.1. The lowest BCUT2D eigenvalue weighted by Gasteiger charge is -2.35. The van der Waals surface area contributed by atoms with Crippen molar-refractivity contribution in [2.24, 2.45) is 0 Å². The molecule has 5 nitrogen and oxygen atoms in total. The van der Waals surface area contributed by atoms with Gasteiger partial charge in [0.05, 0.1) is 7.11 Å². The maximum Gasteiger partial charge on any atom is 0.254 e. The first-order valence-corrected chi connectivity index (χ1v) is 10.1. The summed E-state index contributed by atoms with van der Waals surface area (Å²) in [5.74, 6) is 1.92. The van der Waals surface area contributed by atoms with E-state index in [2.05, 4.69) is 11.0 Å². The molecule has 2 aromatic carbocycles. The Hall–Kier alpha value is -2.53. The maximum atomic E-state index is 12.7. The van der Waals surface area contributed by atoms with Gasteiger partial charge in [-0.3, -0.25) is 4.79 Å². The Kier molecular flexibility index (Phi) is 5.81. The van der Waals surface area contributed by atoms with E-state index in [1.807, 2.05) is 47.4 Å². The Labute approximate surface area is 166 Å². The van der Waals surface area contributed by atoms with Gasteiger partial charge in [-0.15, -0.1) is 0 Å². The molecule has 1 amide bonds. The quantitative estimate of drug-likeness (QED) is 0.772. The number of likely N-dealkylation sites (tertiary alicyclic amines) is 1. The summed E-state index contributed by atoms with van der Waals surface area (Å²) in [4.78, 5) is 17.1. The highest BCUT2D eigenvalue weighted by molar-refractivity contribution is 5.96. The average molecular weight is 380 g/mol. The summed E-state index contributed by atoms with van der Waals surface area (Å²) in [5, 5.41) is 0. The summed E-state index contributed by atoms with van der Waals surface area (Å²) in [5.41, 5.74) is 2.06. The van der Waals surface area contributed by atoms with Crippen molar-refractivity contribution in [3.63, 3.8) is 0 Å². The number of fused-ring (bicyclic) bond motifs is 1. The van der Waals surface area contributed by atoms with E-state index in [1.165, 1.54) is 5.56 Å². The van der Waals surface area contributed by atoms with Crippen molar-refractivity contribution in [2.75, 3.05) is 39.8 Å². The first kappa shape index (κ1) is 18.8. The summed E-state index contributed by atoms with van der Waals surface area (Å²) >= 11 is 0. The average Bonchev–Trinajstić information content (AvgIpc) is 2.75. The van der Waals surface area contributed by atoms with Crippen LogP contribution in [0.25, 0.3) is 0 Å². The van der Waals surface area contributed by atoms with Gasteiger partial charge in [0.1, 0.15) is 17.6 Å². The van der Waals surface area contributed by atoms with Crippen LogP contribution in [0.1, 0.15) is 28.8 Å². The van der Waals surface area contributed by atoms with Gasteiger partial charge in [0.2, 0.25) is 0 Å². The van der Waals surface area contributed by atoms with Gasteiger partial charge < -0.3 is 19.3 Å². The molecule has 2 aliphatic heterocycles. The topological polar surface area (TPSA) is 42.0 Å². The molecule has 148 valence electrons. The number of piperidine rings is 1. The number of amides is 1. The molecule has 0 bridgehead atoms. The van der Waals surface area contributed by atoms with Gasteiger partial charge in [0.15, 0.2) is 0 Å². The van der Waals surface area contributed by atoms with Gasteiger partial charge in [-0.05, 0) is 55.2 Å². The van der Waals surface area contributed by atoms with Gasteiger partial charge in [-0.25, -0.2) is 0 Å². The fraction of sp³-hybridized carbons (Fsp3) is 0.435. The molecule has 4 rings (SSSR count). The van der Waals surface area contributed by atoms with Gasteiger partial charge >= 0.3 is 0 Å². The molecule has 2 heterocycles. The summed E-state index contributed by atoms with van der Waals surface area (Å²) < 4.78 is 11.3. The number of rotatable bonds is 6. The van der Waals surface area contributed by atoms with Gasteiger partial charge in [0.25, 0.3) is 5.91 Å². The Bertz CT molecular complexity index is 798. The Balaban J connectivity index is 1.22. The molecular weight excluding hydrogens is 352 g/mol. The number of hydrogen-bond acceptors (Lipinski definition) is 4. The first-order chi connectivity index (χ1) is 13.7. The zero-order valence-corrected chi connectivity index (χ0v) is 16.5. The van der Waals surface area contributed by atoms with E-state index in [4.69, 9.17) is 9.47 Å². The third kappa shape index (κ3) is 4.30. The number of hydrogen-bond donors (Lipinski definition) is 0. The van der Waals surface area contributed by atoms with Crippen LogP contribution in [0.3, 0.4) is 0 Å². The molecule has 0 aromatic heterocycles. The van der Waals surface area contributed by atoms with Crippen LogP contribution < -0.4 is 9.47 Å². The predicted molar refractivity (Wildman–Crippen MR) is 109 cm³/mol. The molecule has 0 aliphatic carbocycles. The van der Waals surface area contributed by atoms with Crippen LogP contribution in [0.5, 0.6) is 11.5 Å². The molecule has 28 heavy (non-hydrogen) atoms. The molecule has 0 atom stereocenters. The molecule has 0 unspecified atom stereocenters. The van der Waals surface area contributed by atoms with E-state index in [1.54, 1.807) is 7.11 Å². The van der Waals surface area contributed by atoms with Crippen molar-refractivity contribution in [1.82, 2.24) is 9.80 Å². The van der Waals surface area contributed by atoms with Crippen molar-refractivity contribution < 1.29 is 14.3 Å². The second-order valence-corrected chi connectivity index (χ2v) is 7.53. The van der Waals surface area contributed by atoms with Crippen LogP contribution in [0, 0.1) is 0 Å². The molecule has 5 heteroatoms. The Morgan fingerprint density at radius 3 is 2.39 bits per heavy atom. The van der Waals surface area contributed by atoms with Crippen LogP contribution in [-0.4, -0.2) is 61.6 Å². The lowest BCUT2D eigenvalue weighted by atomic mass is 9.99. The minimum absolute atomic E-state index is 0.180. The number of benzene rings is 2. The van der Waals surface area contributed by atoms with E-state index >= 15 is 0 Å². The summed E-state index contributed by atoms with van der Waals surface area (Å²) in [7, 11) is 1.67. The SMILES string of the molecule is COc1ccc(OC2CCN(CCN3CCc4ccccc4C3=O)CC2)cc1. The van der Waals surface area contributed by atoms with Gasteiger partial charge in [-0.1, -0.05) is 18.2 Å². The standard InChI is InChI=1S/C23H28N2O3/c1-27-19-6-8-20(9-7-19)28-21-11-13-24(14-12-21)16-17-25-15-10-18-4-2-3-5-22(18)23(25)26/h2-9,21H,10-17H2,1H3. The van der Waals surface area contributed by atoms with E-state index in [-0.39, 0.29) is 12.0 Å². The number of methoxy groups -OCH3 is 1. The fourth-order valence-corrected chi connectivity index (χ4v) is 4.05. The van der Waals surface area contributed by atoms with Crippen LogP contribution >= 0.6 is 0 Å². The molecule has 2 aromatic rings. The molecule has 0 N–H and O–H groups in total. The van der Waals surface area contributed by atoms with Crippen LogP contribution in [0.2, 0.25) is 0 Å². The molecule has 1 saturated heterocycles. The van der Waals surface area contributed by atoms with Crippen molar-refractivity contribution in [2.45, 2.75) is 25.4 Å². The molecule has 0 radical (unpaired) electrons. The summed E-state index contributed by atoms with van der Waals surface area (Å²) in [6, 6.07) is 15.8. The highest BCUT2D eigenvalue weighted by Gasteiger charge is 2.25. The number of ether oxygens (including phenoxy) is 2. The van der Waals surface area contributed by atoms with E-state index < -0.39 is 0 Å². The van der Waals surface area contributed by atoms with Gasteiger partial charge in [-0.2, -0.15) is 0 Å². The summed E-state index contributed by atoms with van der Waals surface area (Å²) in [6.45, 7) is 4.59. The molecule has 0 saturated carbocycles. The number of carbonyl (C=O) groups excluding carboxylic acids is 1. The predicted octanol–water partition coefficient (Wildman–Crippen LogP) is 3.24. The van der Waals surface area contributed by atoms with Crippen LogP contribution in [0.15, 0.2) is 48.5 Å². The van der Waals surface area contributed by atoms with Crippen LogP contribution in [0.4, 0.5) is 0 Å². The Morgan fingerprint density at radius 1 is 0.929 bits per heavy atom. The molecule has 2 aliphatic rings. The van der Waals surface area contributed by atoms with E-state index in [9.17, 15) is 4.79 Å². The van der Waals surface area contributed by atoms with E-state index in [0.717, 1.165) is 69.0 Å². The summed E-state index contributed by atoms with van der Waals surface area (Å²) in [6.07, 6.45) is 3.25. The molecular formula is C23H28N2O3. The zero-order chi connectivity index (χ0) is 19.3. The minimum atomic E-state index is 0.180. The van der Waals surface area contributed by atoms with Crippen molar-refractivity contribution >= 4 is 5.91 Å². The highest BCUT2D eigenvalue weighted by Crippen LogP contribution is 2.22. The third-order valence-electron chi connectivity index (χ3n) is 5.77. The van der Waals surface area contributed by atoms with Gasteiger partial charge in [0, 0.05) is 38.3 Å². The van der Waals surface area contributed by atoms with E-state index in [0.29, 0.717) is 0 Å². The number of carbonyl (C=O) groups is 1. The van der Waals surface area contributed by atoms with Crippen molar-refractivity contribution in [3.05, 3.63) is 59.7 Å². The van der Waals surface area contributed by atoms with Crippen molar-refractivity contribution in [1.29, 1.82) is 0 Å². The Morgan fingerprint density at radius 2 is 1.64 bits per heavy atom. The largest absolute Gasteiger partial charge is 0.497 e. The lowest BCUT2D eigenvalue weighted by molar-refractivity contribution is 0.0667. The second kappa shape index (κ2) is 8.65. The van der Waals surface area contributed by atoms with Crippen LogP contribution in [-0.2, 0) is 6.42 Å².